The van der Waals surface area contributed by atoms with Gasteiger partial charge in [0.25, 0.3) is 0 Å². The van der Waals surface area contributed by atoms with Crippen LogP contribution in [0.25, 0.3) is 0 Å². The van der Waals surface area contributed by atoms with Gasteiger partial charge in [0.15, 0.2) is 5.82 Å². The Bertz CT molecular complexity index is 546. The summed E-state index contributed by atoms with van der Waals surface area (Å²) in [6, 6.07) is 0.0661. The van der Waals surface area contributed by atoms with E-state index in [1.54, 1.807) is 6.33 Å². The van der Waals surface area contributed by atoms with Gasteiger partial charge in [-0.1, -0.05) is 5.16 Å². The maximum atomic E-state index is 5.35. The van der Waals surface area contributed by atoms with Crippen molar-refractivity contribution in [1.29, 1.82) is 0 Å². The molecule has 102 valence electrons. The van der Waals surface area contributed by atoms with Crippen LogP contribution in [0, 0.1) is 0 Å². The van der Waals surface area contributed by atoms with E-state index in [1.165, 1.54) is 0 Å². The molecule has 0 spiro atoms. The summed E-state index contributed by atoms with van der Waals surface area (Å²) < 4.78 is 5.35. The van der Waals surface area contributed by atoms with Crippen LogP contribution in [-0.2, 0) is 19.4 Å². The smallest absolute Gasteiger partial charge is 0.244 e. The molecule has 0 bridgehead atoms. The van der Waals surface area contributed by atoms with Crippen molar-refractivity contribution in [3.05, 3.63) is 29.4 Å². The second-order valence-electron chi connectivity index (χ2n) is 5.07. The molecule has 1 aliphatic heterocycles. The lowest BCUT2D eigenvalue weighted by atomic mass is 10.1. The van der Waals surface area contributed by atoms with Gasteiger partial charge in [0.1, 0.15) is 0 Å². The molecule has 7 heteroatoms. The van der Waals surface area contributed by atoms with Crippen LogP contribution in [0.3, 0.4) is 0 Å². The zero-order valence-electron chi connectivity index (χ0n) is 11.2. The maximum absolute atomic E-state index is 5.35. The third-order valence-electron chi connectivity index (χ3n) is 3.29. The van der Waals surface area contributed by atoms with Gasteiger partial charge in [0, 0.05) is 25.9 Å². The molecule has 3 heterocycles. The van der Waals surface area contributed by atoms with Crippen molar-refractivity contribution in [3.8, 4) is 0 Å². The number of hydrogen-bond acceptors (Lipinski definition) is 6. The van der Waals surface area contributed by atoms with Crippen LogP contribution in [-0.4, -0.2) is 45.6 Å². The first-order valence-corrected chi connectivity index (χ1v) is 6.44. The minimum absolute atomic E-state index is 0.0661. The molecule has 2 aromatic heterocycles. The van der Waals surface area contributed by atoms with Crippen molar-refractivity contribution in [3.63, 3.8) is 0 Å². The van der Waals surface area contributed by atoms with Crippen molar-refractivity contribution in [1.82, 2.24) is 30.3 Å². The zero-order valence-corrected chi connectivity index (χ0v) is 11.2. The number of likely N-dealkylation sites (N-methyl/N-ethyl adjacent to an activating group) is 1. The predicted octanol–water partition coefficient (Wildman–Crippen LogP) is 0.284. The van der Waals surface area contributed by atoms with Gasteiger partial charge < -0.3 is 14.4 Å². The lowest BCUT2D eigenvalue weighted by molar-refractivity contribution is 0.315. The summed E-state index contributed by atoms with van der Waals surface area (Å²) in [7, 11) is 4.06. The molecule has 0 saturated carbocycles. The summed E-state index contributed by atoms with van der Waals surface area (Å²) in [5.74, 6) is 1.42. The molecule has 0 radical (unpaired) electrons. The Morgan fingerprint density at radius 3 is 3.21 bits per heavy atom. The van der Waals surface area contributed by atoms with Crippen LogP contribution in [0.4, 0.5) is 0 Å². The van der Waals surface area contributed by atoms with Crippen molar-refractivity contribution in [2.45, 2.75) is 25.4 Å². The number of aromatic nitrogens is 4. The third kappa shape index (κ3) is 2.66. The molecule has 1 aliphatic rings. The van der Waals surface area contributed by atoms with E-state index in [4.69, 9.17) is 4.52 Å². The van der Waals surface area contributed by atoms with Crippen LogP contribution < -0.4 is 5.32 Å². The van der Waals surface area contributed by atoms with E-state index in [-0.39, 0.29) is 6.04 Å². The van der Waals surface area contributed by atoms with Crippen molar-refractivity contribution in [2.24, 2.45) is 0 Å². The largest absolute Gasteiger partial charge is 0.347 e. The van der Waals surface area contributed by atoms with Gasteiger partial charge in [-0.05, 0) is 14.1 Å². The van der Waals surface area contributed by atoms with Crippen molar-refractivity contribution < 1.29 is 4.52 Å². The van der Waals surface area contributed by atoms with Gasteiger partial charge in [-0.25, -0.2) is 4.98 Å². The number of hydrogen-bond donors (Lipinski definition) is 2. The quantitative estimate of drug-likeness (QED) is 0.823. The Morgan fingerprint density at radius 1 is 1.47 bits per heavy atom. The molecule has 2 N–H and O–H groups in total. The average molecular weight is 262 g/mol. The normalized spacial score (nSPS) is 18.8. The summed E-state index contributed by atoms with van der Waals surface area (Å²) in [5.41, 5.74) is 2.22. The van der Waals surface area contributed by atoms with E-state index in [9.17, 15) is 0 Å². The molecule has 1 unspecified atom stereocenters. The minimum Gasteiger partial charge on any atom is -0.347 e. The molecule has 0 amide bonds. The molecule has 0 fully saturated rings. The Labute approximate surface area is 111 Å². The molecule has 0 saturated heterocycles. The number of nitrogens with zero attached hydrogens (tertiary/aromatic N) is 4. The lowest BCUT2D eigenvalue weighted by Crippen LogP contribution is -2.28. The summed E-state index contributed by atoms with van der Waals surface area (Å²) in [4.78, 5) is 14.0. The number of imidazole rings is 1. The molecule has 0 aliphatic carbocycles. The summed E-state index contributed by atoms with van der Waals surface area (Å²) in [6.45, 7) is 1.68. The van der Waals surface area contributed by atoms with E-state index in [2.05, 4.69) is 30.3 Å². The second-order valence-corrected chi connectivity index (χ2v) is 5.07. The summed E-state index contributed by atoms with van der Waals surface area (Å²) >= 11 is 0. The molecule has 1 atom stereocenters. The van der Waals surface area contributed by atoms with E-state index in [0.717, 1.165) is 43.1 Å². The first-order chi connectivity index (χ1) is 9.22. The molecule has 7 nitrogen and oxygen atoms in total. The fourth-order valence-corrected chi connectivity index (χ4v) is 2.18. The SMILES string of the molecule is CN(C)CCc1noc(C2Cc3nc[nH]c3CN2)n1. The minimum atomic E-state index is 0.0661. The van der Waals surface area contributed by atoms with Crippen molar-refractivity contribution >= 4 is 0 Å². The number of rotatable bonds is 4. The third-order valence-corrected chi connectivity index (χ3v) is 3.29. The Kier molecular flexibility index (Phi) is 3.31. The first-order valence-electron chi connectivity index (χ1n) is 6.44. The van der Waals surface area contributed by atoms with E-state index in [0.29, 0.717) is 5.89 Å². The molecular formula is C12H18N6O. The highest BCUT2D eigenvalue weighted by Crippen LogP contribution is 2.22. The van der Waals surface area contributed by atoms with Crippen molar-refractivity contribution in [2.75, 3.05) is 20.6 Å². The van der Waals surface area contributed by atoms with Gasteiger partial charge in [-0.2, -0.15) is 4.98 Å². The average Bonchev–Trinajstić information content (AvgIpc) is 3.04. The fraction of sp³-hybridized carbons (Fsp3) is 0.583. The zero-order chi connectivity index (χ0) is 13.2. The highest BCUT2D eigenvalue weighted by atomic mass is 16.5. The standard InChI is InChI=1S/C12H18N6O/c1-18(2)4-3-11-16-12(19-17-11)9-5-8-10(6-13-9)15-7-14-8/h7,9,13H,3-6H2,1-2H3,(H,14,15). The molecule has 19 heavy (non-hydrogen) atoms. The Balaban J connectivity index is 1.67. The Hall–Kier alpha value is -1.73. The van der Waals surface area contributed by atoms with Gasteiger partial charge >= 0.3 is 0 Å². The number of fused-ring (bicyclic) bond motifs is 1. The van der Waals surface area contributed by atoms with Crippen LogP contribution in [0.2, 0.25) is 0 Å². The van der Waals surface area contributed by atoms with Gasteiger partial charge in [-0.3, -0.25) is 5.32 Å². The number of H-pyrrole nitrogens is 1. The molecule has 0 aromatic carbocycles. The van der Waals surface area contributed by atoms with E-state index < -0.39 is 0 Å². The summed E-state index contributed by atoms with van der Waals surface area (Å²) in [5, 5.41) is 7.40. The first kappa shape index (κ1) is 12.3. The van der Waals surface area contributed by atoms with Gasteiger partial charge in [0.2, 0.25) is 5.89 Å². The lowest BCUT2D eigenvalue weighted by Gasteiger charge is -2.19. The highest BCUT2D eigenvalue weighted by Gasteiger charge is 2.25. The predicted molar refractivity (Wildman–Crippen MR) is 68.4 cm³/mol. The highest BCUT2D eigenvalue weighted by molar-refractivity contribution is 5.17. The molecule has 2 aromatic rings. The topological polar surface area (TPSA) is 82.9 Å². The second kappa shape index (κ2) is 5.10. The summed E-state index contributed by atoms with van der Waals surface area (Å²) in [6.07, 6.45) is 3.32. The van der Waals surface area contributed by atoms with E-state index in [1.807, 2.05) is 14.1 Å². The maximum Gasteiger partial charge on any atom is 0.244 e. The van der Waals surface area contributed by atoms with Crippen LogP contribution >= 0.6 is 0 Å². The number of nitrogens with one attached hydrogen (secondary N) is 2. The monoisotopic (exact) mass is 262 g/mol. The van der Waals surface area contributed by atoms with Gasteiger partial charge in [-0.15, -0.1) is 0 Å². The van der Waals surface area contributed by atoms with Crippen LogP contribution in [0.1, 0.15) is 29.1 Å². The van der Waals surface area contributed by atoms with Crippen LogP contribution in [0.15, 0.2) is 10.9 Å². The van der Waals surface area contributed by atoms with E-state index >= 15 is 0 Å². The molecular weight excluding hydrogens is 244 g/mol. The molecule has 3 rings (SSSR count). The Morgan fingerprint density at radius 2 is 2.37 bits per heavy atom. The van der Waals surface area contributed by atoms with Crippen LogP contribution in [0.5, 0.6) is 0 Å². The van der Waals surface area contributed by atoms with Gasteiger partial charge in [0.05, 0.1) is 23.8 Å². The fourth-order valence-electron chi connectivity index (χ4n) is 2.18. The number of aromatic amines is 1.